The van der Waals surface area contributed by atoms with Crippen molar-refractivity contribution < 1.29 is 8.42 Å². The maximum atomic E-state index is 12.0. The molecular weight excluding hydrogens is 247 g/mol. The van der Waals surface area contributed by atoms with Gasteiger partial charge in [-0.25, -0.2) is 8.42 Å². The Kier molecular flexibility index (Phi) is 3.38. The Labute approximate surface area is 108 Å². The Bertz CT molecular complexity index is 654. The fourth-order valence-electron chi connectivity index (χ4n) is 1.45. The number of aryl methyl sites for hydroxylation is 1. The van der Waals surface area contributed by atoms with Gasteiger partial charge < -0.3 is 0 Å². The van der Waals surface area contributed by atoms with Crippen molar-refractivity contribution in [3.8, 4) is 0 Å². The van der Waals surface area contributed by atoms with Gasteiger partial charge in [-0.15, -0.1) is 0 Å². The zero-order valence-corrected chi connectivity index (χ0v) is 10.6. The predicted molar refractivity (Wildman–Crippen MR) is 71.6 cm³/mol. The number of nitrogens with one attached hydrogen (secondary N) is 1. The summed E-state index contributed by atoms with van der Waals surface area (Å²) in [5.74, 6) is 0. The summed E-state index contributed by atoms with van der Waals surface area (Å²) in [6.07, 6.45) is 2.85. The van der Waals surface area contributed by atoms with E-state index < -0.39 is 10.0 Å². The highest BCUT2D eigenvalue weighted by atomic mass is 32.2. The molecule has 1 aromatic carbocycles. The molecule has 0 aliphatic heterocycles. The number of pyridine rings is 1. The summed E-state index contributed by atoms with van der Waals surface area (Å²) >= 11 is 0. The summed E-state index contributed by atoms with van der Waals surface area (Å²) in [4.78, 5) is 4.03. The predicted octanol–water partition coefficient (Wildman–Crippen LogP) is 0.985. The zero-order chi connectivity index (χ0) is 13.2. The maximum Gasteiger partial charge on any atom is 0.261 e. The molecule has 1 aromatic heterocycles. The van der Waals surface area contributed by atoms with Gasteiger partial charge in [-0.05, 0) is 25.1 Å². The van der Waals surface area contributed by atoms with Crippen molar-refractivity contribution in [3.05, 3.63) is 48.3 Å². The summed E-state index contributed by atoms with van der Waals surface area (Å²) in [5, 5.41) is 0. The number of benzene rings is 1. The molecule has 0 atom stereocenters. The summed E-state index contributed by atoms with van der Waals surface area (Å²) in [6, 6.07) is 8.10. The molecule has 0 aliphatic carbocycles. The van der Waals surface area contributed by atoms with Crippen LogP contribution in [-0.4, -0.2) is 21.2 Å². The van der Waals surface area contributed by atoms with Crippen LogP contribution in [0.25, 0.3) is 0 Å². The smallest absolute Gasteiger partial charge is 0.261 e. The molecule has 2 radical (unpaired) electrons. The molecule has 0 bridgehead atoms. The van der Waals surface area contributed by atoms with Crippen LogP contribution in [0.15, 0.2) is 47.6 Å². The van der Waals surface area contributed by atoms with Gasteiger partial charge in [0.1, 0.15) is 7.85 Å². The molecule has 2 aromatic rings. The van der Waals surface area contributed by atoms with Crippen molar-refractivity contribution in [3.63, 3.8) is 0 Å². The topological polar surface area (TPSA) is 59.1 Å². The summed E-state index contributed by atoms with van der Waals surface area (Å²) < 4.78 is 26.5. The molecule has 2 rings (SSSR count). The Balaban J connectivity index is 2.30. The van der Waals surface area contributed by atoms with E-state index in [1.54, 1.807) is 24.3 Å². The van der Waals surface area contributed by atoms with Crippen molar-refractivity contribution in [1.82, 2.24) is 4.98 Å². The summed E-state index contributed by atoms with van der Waals surface area (Å²) in [7, 11) is 1.95. The van der Waals surface area contributed by atoms with E-state index in [2.05, 4.69) is 9.71 Å². The number of hydrogen-bond donors (Lipinski definition) is 1. The Morgan fingerprint density at radius 3 is 2.44 bits per heavy atom. The molecule has 1 N–H and O–H groups in total. The molecule has 0 fully saturated rings. The van der Waals surface area contributed by atoms with E-state index in [-0.39, 0.29) is 4.90 Å². The monoisotopic (exact) mass is 258 g/mol. The minimum absolute atomic E-state index is 0.204. The second-order valence-electron chi connectivity index (χ2n) is 3.93. The highest BCUT2D eigenvalue weighted by Gasteiger charge is 2.13. The molecule has 18 heavy (non-hydrogen) atoms. The van der Waals surface area contributed by atoms with E-state index >= 15 is 0 Å². The maximum absolute atomic E-state index is 12.0. The van der Waals surface area contributed by atoms with E-state index in [0.29, 0.717) is 11.2 Å². The highest BCUT2D eigenvalue weighted by molar-refractivity contribution is 7.92. The minimum atomic E-state index is -3.59. The summed E-state index contributed by atoms with van der Waals surface area (Å²) in [5.41, 5.74) is 1.74. The lowest BCUT2D eigenvalue weighted by Crippen LogP contribution is -2.15. The molecule has 6 heteroatoms. The molecule has 4 nitrogen and oxygen atoms in total. The quantitative estimate of drug-likeness (QED) is 0.835. The minimum Gasteiger partial charge on any atom is -0.278 e. The lowest BCUT2D eigenvalue weighted by atomic mass is 9.99. The Morgan fingerprint density at radius 2 is 1.83 bits per heavy atom. The van der Waals surface area contributed by atoms with E-state index in [9.17, 15) is 8.42 Å². The second kappa shape index (κ2) is 4.82. The zero-order valence-electron chi connectivity index (χ0n) is 9.79. The van der Waals surface area contributed by atoms with Gasteiger partial charge >= 0.3 is 0 Å². The van der Waals surface area contributed by atoms with Crippen LogP contribution in [-0.2, 0) is 10.0 Å². The average Bonchev–Trinajstić information content (AvgIpc) is 2.29. The van der Waals surface area contributed by atoms with Gasteiger partial charge in [0.05, 0.1) is 16.8 Å². The van der Waals surface area contributed by atoms with Crippen LogP contribution in [0.3, 0.4) is 0 Å². The standard InChI is InChI=1S/C12H11BN2O2S/c1-9-2-4-12(5-3-9)18(16,17)15-11-6-10(13)7-14-8-11/h2-8,15H,1H3. The number of nitrogens with zero attached hydrogens (tertiary/aromatic N) is 1. The first-order valence-corrected chi connectivity index (χ1v) is 6.76. The highest BCUT2D eigenvalue weighted by Crippen LogP contribution is 2.14. The third kappa shape index (κ3) is 2.90. The van der Waals surface area contributed by atoms with Gasteiger partial charge in [0.15, 0.2) is 0 Å². The van der Waals surface area contributed by atoms with Crippen LogP contribution < -0.4 is 10.2 Å². The molecule has 90 valence electrons. The molecule has 0 saturated carbocycles. The first-order chi connectivity index (χ1) is 8.47. The van der Waals surface area contributed by atoms with Crippen LogP contribution in [0.4, 0.5) is 5.69 Å². The van der Waals surface area contributed by atoms with Gasteiger partial charge in [0, 0.05) is 6.20 Å². The Hall–Kier alpha value is -1.82. The molecular formula is C12H11BN2O2S. The molecule has 0 spiro atoms. The molecule has 0 saturated heterocycles. The number of sulfonamides is 1. The van der Waals surface area contributed by atoms with Crippen molar-refractivity contribution >= 4 is 29.0 Å². The van der Waals surface area contributed by atoms with Crippen molar-refractivity contribution in [1.29, 1.82) is 0 Å². The van der Waals surface area contributed by atoms with E-state index in [1.165, 1.54) is 18.5 Å². The molecule has 1 heterocycles. The van der Waals surface area contributed by atoms with Gasteiger partial charge in [-0.3, -0.25) is 9.71 Å². The fraction of sp³-hybridized carbons (Fsp3) is 0.0833. The first kappa shape index (κ1) is 12.6. The second-order valence-corrected chi connectivity index (χ2v) is 5.61. The molecule has 0 aliphatic rings. The van der Waals surface area contributed by atoms with Crippen molar-refractivity contribution in [2.24, 2.45) is 0 Å². The van der Waals surface area contributed by atoms with Crippen LogP contribution >= 0.6 is 0 Å². The third-order valence-electron chi connectivity index (χ3n) is 2.34. The van der Waals surface area contributed by atoms with Gasteiger partial charge in [0.25, 0.3) is 10.0 Å². The fourth-order valence-corrected chi connectivity index (χ4v) is 2.48. The van der Waals surface area contributed by atoms with E-state index in [1.807, 2.05) is 6.92 Å². The lowest BCUT2D eigenvalue weighted by molar-refractivity contribution is 0.601. The first-order valence-electron chi connectivity index (χ1n) is 5.27. The SMILES string of the molecule is [B]c1cncc(NS(=O)(=O)c2ccc(C)cc2)c1. The number of hydrogen-bond acceptors (Lipinski definition) is 3. The van der Waals surface area contributed by atoms with Crippen LogP contribution in [0.1, 0.15) is 5.56 Å². The van der Waals surface area contributed by atoms with Gasteiger partial charge in [-0.2, -0.15) is 0 Å². The van der Waals surface area contributed by atoms with Crippen LogP contribution in [0.5, 0.6) is 0 Å². The number of anilines is 1. The van der Waals surface area contributed by atoms with Crippen molar-refractivity contribution in [2.75, 3.05) is 4.72 Å². The largest absolute Gasteiger partial charge is 0.278 e. The van der Waals surface area contributed by atoms with Gasteiger partial charge in [-0.1, -0.05) is 23.2 Å². The van der Waals surface area contributed by atoms with E-state index in [0.717, 1.165) is 5.56 Å². The lowest BCUT2D eigenvalue weighted by Gasteiger charge is -2.08. The molecule has 0 unspecified atom stereocenters. The normalized spacial score (nSPS) is 11.2. The molecule has 0 amide bonds. The average molecular weight is 258 g/mol. The van der Waals surface area contributed by atoms with Crippen molar-refractivity contribution in [2.45, 2.75) is 11.8 Å². The third-order valence-corrected chi connectivity index (χ3v) is 3.74. The van der Waals surface area contributed by atoms with Crippen LogP contribution in [0, 0.1) is 6.92 Å². The van der Waals surface area contributed by atoms with Gasteiger partial charge in [0.2, 0.25) is 0 Å². The van der Waals surface area contributed by atoms with Crippen LogP contribution in [0.2, 0.25) is 0 Å². The number of aromatic nitrogens is 1. The number of rotatable bonds is 3. The van der Waals surface area contributed by atoms with E-state index in [4.69, 9.17) is 7.85 Å². The Morgan fingerprint density at radius 1 is 1.17 bits per heavy atom. The summed E-state index contributed by atoms with van der Waals surface area (Å²) in [6.45, 7) is 1.89.